The van der Waals surface area contributed by atoms with E-state index in [-0.39, 0.29) is 11.8 Å². The predicted molar refractivity (Wildman–Crippen MR) is 68.7 cm³/mol. The normalized spacial score (nSPS) is 31.7. The maximum atomic E-state index is 12.3. The highest BCUT2D eigenvalue weighted by atomic mass is 16.2. The molecule has 1 aliphatic carbocycles. The molecule has 1 aromatic rings. The van der Waals surface area contributed by atoms with Crippen molar-refractivity contribution in [1.29, 1.82) is 0 Å². The van der Waals surface area contributed by atoms with Gasteiger partial charge in [0.2, 0.25) is 5.91 Å². The first kappa shape index (κ1) is 10.6. The highest BCUT2D eigenvalue weighted by molar-refractivity contribution is 5.98. The second kappa shape index (κ2) is 4.02. The molecule has 88 valence electrons. The molecule has 3 atom stereocenters. The van der Waals surface area contributed by atoms with Crippen molar-refractivity contribution in [2.75, 3.05) is 11.4 Å². The van der Waals surface area contributed by atoms with Gasteiger partial charge >= 0.3 is 0 Å². The van der Waals surface area contributed by atoms with Crippen LogP contribution in [0, 0.1) is 17.8 Å². The molecule has 1 fully saturated rings. The fourth-order valence-electron chi connectivity index (χ4n) is 2.99. The molecule has 0 spiro atoms. The molecule has 3 unspecified atom stereocenters. The minimum Gasteiger partial charge on any atom is -0.312 e. The van der Waals surface area contributed by atoms with E-state index in [4.69, 9.17) is 0 Å². The molecular weight excluding hydrogens is 210 g/mol. The summed E-state index contributed by atoms with van der Waals surface area (Å²) < 4.78 is 0. The Morgan fingerprint density at radius 3 is 2.71 bits per heavy atom. The summed E-state index contributed by atoms with van der Waals surface area (Å²) in [5.41, 5.74) is 1.04. The summed E-state index contributed by atoms with van der Waals surface area (Å²) in [5, 5.41) is 0. The van der Waals surface area contributed by atoms with Crippen LogP contribution in [0.2, 0.25) is 0 Å². The van der Waals surface area contributed by atoms with E-state index in [2.05, 4.69) is 19.1 Å². The lowest BCUT2D eigenvalue weighted by atomic mass is 9.82. The van der Waals surface area contributed by atoms with Crippen LogP contribution in [0.3, 0.4) is 0 Å². The zero-order valence-corrected chi connectivity index (χ0v) is 10.0. The van der Waals surface area contributed by atoms with Crippen molar-refractivity contribution >= 4 is 11.6 Å². The van der Waals surface area contributed by atoms with Crippen LogP contribution in [0.5, 0.6) is 0 Å². The Balaban J connectivity index is 1.88. The Kier molecular flexibility index (Phi) is 2.50. The van der Waals surface area contributed by atoms with E-state index >= 15 is 0 Å². The Bertz CT molecular complexity index is 451. The smallest absolute Gasteiger partial charge is 0.234 e. The first-order valence-corrected chi connectivity index (χ1v) is 6.30. The average Bonchev–Trinajstić information content (AvgIpc) is 2.67. The number of benzene rings is 1. The summed E-state index contributed by atoms with van der Waals surface area (Å²) in [6.45, 7) is 3.10. The summed E-state index contributed by atoms with van der Waals surface area (Å²) in [6.07, 6.45) is 5.44. The lowest BCUT2D eigenvalue weighted by Gasteiger charge is -2.21. The van der Waals surface area contributed by atoms with Crippen LogP contribution in [0.4, 0.5) is 5.69 Å². The van der Waals surface area contributed by atoms with Crippen molar-refractivity contribution in [3.05, 3.63) is 42.5 Å². The van der Waals surface area contributed by atoms with Gasteiger partial charge in [-0.25, -0.2) is 0 Å². The fourth-order valence-corrected chi connectivity index (χ4v) is 2.99. The number of amides is 1. The molecule has 1 amide bonds. The number of hydrogen-bond donors (Lipinski definition) is 0. The molecule has 1 aliphatic heterocycles. The second-order valence-electron chi connectivity index (χ2n) is 5.17. The molecule has 0 saturated carbocycles. The predicted octanol–water partition coefficient (Wildman–Crippen LogP) is 2.86. The summed E-state index contributed by atoms with van der Waals surface area (Å²) in [7, 11) is 0. The largest absolute Gasteiger partial charge is 0.312 e. The van der Waals surface area contributed by atoms with E-state index in [1.807, 2.05) is 35.2 Å². The molecule has 2 aliphatic rings. The van der Waals surface area contributed by atoms with Crippen LogP contribution in [0.1, 0.15) is 13.3 Å². The van der Waals surface area contributed by atoms with Crippen molar-refractivity contribution in [2.45, 2.75) is 13.3 Å². The van der Waals surface area contributed by atoms with Gasteiger partial charge in [0.05, 0.1) is 5.92 Å². The molecule has 0 bridgehead atoms. The van der Waals surface area contributed by atoms with Gasteiger partial charge in [-0.2, -0.15) is 0 Å². The van der Waals surface area contributed by atoms with Gasteiger partial charge in [-0.1, -0.05) is 37.3 Å². The molecule has 1 aromatic carbocycles. The number of carbonyl (C=O) groups is 1. The van der Waals surface area contributed by atoms with Crippen molar-refractivity contribution in [3.8, 4) is 0 Å². The summed E-state index contributed by atoms with van der Waals surface area (Å²) >= 11 is 0. The topological polar surface area (TPSA) is 20.3 Å². The van der Waals surface area contributed by atoms with Crippen LogP contribution in [-0.4, -0.2) is 12.5 Å². The third-order valence-electron chi connectivity index (χ3n) is 3.87. The molecular formula is C15H17NO. The number of hydrogen-bond acceptors (Lipinski definition) is 1. The van der Waals surface area contributed by atoms with E-state index in [0.29, 0.717) is 11.8 Å². The zero-order valence-electron chi connectivity index (χ0n) is 10.0. The van der Waals surface area contributed by atoms with Crippen LogP contribution in [0.25, 0.3) is 0 Å². The van der Waals surface area contributed by atoms with Gasteiger partial charge in [0.1, 0.15) is 0 Å². The maximum Gasteiger partial charge on any atom is 0.234 e. The number of nitrogens with zero attached hydrogens (tertiary/aromatic N) is 1. The summed E-state index contributed by atoms with van der Waals surface area (Å²) in [5.74, 6) is 1.50. The highest BCUT2D eigenvalue weighted by Crippen LogP contribution is 2.37. The molecule has 1 heterocycles. The minimum atomic E-state index is 0.117. The molecule has 3 rings (SSSR count). The van der Waals surface area contributed by atoms with Gasteiger partial charge in [-0.3, -0.25) is 4.79 Å². The highest BCUT2D eigenvalue weighted by Gasteiger charge is 2.41. The lowest BCUT2D eigenvalue weighted by molar-refractivity contribution is -0.119. The van der Waals surface area contributed by atoms with Gasteiger partial charge in [0.15, 0.2) is 0 Å². The number of carbonyl (C=O) groups excluding carboxylic acids is 1. The quantitative estimate of drug-likeness (QED) is 0.675. The van der Waals surface area contributed by atoms with Crippen molar-refractivity contribution in [2.24, 2.45) is 17.8 Å². The molecule has 0 radical (unpaired) electrons. The van der Waals surface area contributed by atoms with Crippen molar-refractivity contribution in [3.63, 3.8) is 0 Å². The molecule has 2 nitrogen and oxygen atoms in total. The van der Waals surface area contributed by atoms with E-state index in [1.54, 1.807) is 0 Å². The number of fused-ring (bicyclic) bond motifs is 1. The molecule has 1 saturated heterocycles. The lowest BCUT2D eigenvalue weighted by Crippen LogP contribution is -2.26. The Hall–Kier alpha value is -1.57. The first-order chi connectivity index (χ1) is 8.25. The number of para-hydroxylation sites is 1. The van der Waals surface area contributed by atoms with Crippen LogP contribution >= 0.6 is 0 Å². The average molecular weight is 227 g/mol. The van der Waals surface area contributed by atoms with Gasteiger partial charge in [0, 0.05) is 12.2 Å². The third kappa shape index (κ3) is 1.78. The van der Waals surface area contributed by atoms with E-state index in [9.17, 15) is 4.79 Å². The van der Waals surface area contributed by atoms with E-state index in [0.717, 1.165) is 18.7 Å². The van der Waals surface area contributed by atoms with Gasteiger partial charge in [0.25, 0.3) is 0 Å². The third-order valence-corrected chi connectivity index (χ3v) is 3.87. The maximum absolute atomic E-state index is 12.3. The van der Waals surface area contributed by atoms with Crippen molar-refractivity contribution in [1.82, 2.24) is 0 Å². The standard InChI is InChI=1S/C15H17NO/c1-11-7-8-14-12(9-11)10-16(15(14)17)13-5-3-2-4-6-13/h2-8,11-12,14H,9-10H2,1H3. The summed E-state index contributed by atoms with van der Waals surface area (Å²) in [6, 6.07) is 10.00. The Labute approximate surface area is 102 Å². The van der Waals surface area contributed by atoms with Crippen LogP contribution < -0.4 is 4.90 Å². The monoisotopic (exact) mass is 227 g/mol. The Morgan fingerprint density at radius 1 is 1.18 bits per heavy atom. The zero-order chi connectivity index (χ0) is 11.8. The minimum absolute atomic E-state index is 0.117. The first-order valence-electron chi connectivity index (χ1n) is 6.30. The van der Waals surface area contributed by atoms with Gasteiger partial charge < -0.3 is 4.90 Å². The second-order valence-corrected chi connectivity index (χ2v) is 5.17. The van der Waals surface area contributed by atoms with Crippen LogP contribution in [-0.2, 0) is 4.79 Å². The van der Waals surface area contributed by atoms with Gasteiger partial charge in [-0.05, 0) is 30.4 Å². The number of anilines is 1. The molecule has 17 heavy (non-hydrogen) atoms. The molecule has 0 N–H and O–H groups in total. The molecule has 2 heteroatoms. The fraction of sp³-hybridized carbons (Fsp3) is 0.400. The SMILES string of the molecule is CC1C=CC2C(=O)N(c3ccccc3)CC2C1. The number of allylic oxidation sites excluding steroid dienone is 1. The van der Waals surface area contributed by atoms with E-state index in [1.165, 1.54) is 0 Å². The molecule has 0 aromatic heterocycles. The number of rotatable bonds is 1. The summed E-state index contributed by atoms with van der Waals surface area (Å²) in [4.78, 5) is 14.3. The van der Waals surface area contributed by atoms with Crippen LogP contribution in [0.15, 0.2) is 42.5 Å². The van der Waals surface area contributed by atoms with Crippen molar-refractivity contribution < 1.29 is 4.79 Å². The van der Waals surface area contributed by atoms with E-state index < -0.39 is 0 Å². The van der Waals surface area contributed by atoms with Gasteiger partial charge in [-0.15, -0.1) is 0 Å². The Morgan fingerprint density at radius 2 is 1.94 bits per heavy atom.